The lowest BCUT2D eigenvalue weighted by atomic mass is 10.2. The summed E-state index contributed by atoms with van der Waals surface area (Å²) in [6, 6.07) is 5.83. The molecule has 0 aromatic carbocycles. The summed E-state index contributed by atoms with van der Waals surface area (Å²) in [5, 5.41) is 8.89. The molecule has 0 saturated heterocycles. The first-order chi connectivity index (χ1) is 7.08. The normalized spacial score (nSPS) is 10.5. The van der Waals surface area contributed by atoms with E-state index < -0.39 is 5.97 Å². The molecule has 0 saturated carbocycles. The fraction of sp³-hybridized carbons (Fsp3) is 0.182. The quantitative estimate of drug-likeness (QED) is 0.864. The van der Waals surface area contributed by atoms with Crippen molar-refractivity contribution in [3.63, 3.8) is 0 Å². The third kappa shape index (κ3) is 1.96. The van der Waals surface area contributed by atoms with Gasteiger partial charge in [0.25, 0.3) is 0 Å². The number of carboxylic acids is 1. The maximum absolute atomic E-state index is 10.8. The van der Waals surface area contributed by atoms with E-state index >= 15 is 0 Å². The Morgan fingerprint density at radius 2 is 2.00 bits per heavy atom. The zero-order valence-electron chi connectivity index (χ0n) is 8.40. The zero-order chi connectivity index (χ0) is 11.0. The van der Waals surface area contributed by atoms with Crippen molar-refractivity contribution in [1.29, 1.82) is 0 Å². The molecule has 0 bridgehead atoms. The van der Waals surface area contributed by atoms with E-state index in [1.807, 2.05) is 13.0 Å². The van der Waals surface area contributed by atoms with E-state index in [0.717, 1.165) is 15.3 Å². The first kappa shape index (κ1) is 10.4. The minimum atomic E-state index is -0.845. The molecule has 0 aliphatic heterocycles. The van der Waals surface area contributed by atoms with Crippen LogP contribution in [0.4, 0.5) is 0 Å². The van der Waals surface area contributed by atoms with Crippen molar-refractivity contribution in [2.45, 2.75) is 13.8 Å². The van der Waals surface area contributed by atoms with Crippen molar-refractivity contribution < 1.29 is 9.90 Å². The number of carboxylic acid groups (broad SMARTS) is 1. The molecule has 1 N–H and O–H groups in total. The molecule has 0 spiro atoms. The highest BCUT2D eigenvalue weighted by atomic mass is 32.1. The lowest BCUT2D eigenvalue weighted by Crippen LogP contribution is -1.89. The first-order valence-electron chi connectivity index (χ1n) is 4.48. The summed E-state index contributed by atoms with van der Waals surface area (Å²) in [4.78, 5) is 14.7. The third-order valence-corrected chi connectivity index (χ3v) is 4.50. The molecular weight excluding hydrogens is 228 g/mol. The predicted molar refractivity (Wildman–Crippen MR) is 64.1 cm³/mol. The average Bonchev–Trinajstić information content (AvgIpc) is 2.71. The molecule has 2 heterocycles. The van der Waals surface area contributed by atoms with Crippen LogP contribution < -0.4 is 0 Å². The summed E-state index contributed by atoms with van der Waals surface area (Å²) < 4.78 is 0. The predicted octanol–water partition coefficient (Wildman–Crippen LogP) is 3.79. The van der Waals surface area contributed by atoms with E-state index in [-0.39, 0.29) is 0 Å². The molecule has 2 rings (SSSR count). The number of aryl methyl sites for hydroxylation is 2. The van der Waals surface area contributed by atoms with Crippen molar-refractivity contribution in [1.82, 2.24) is 0 Å². The number of thiophene rings is 2. The van der Waals surface area contributed by atoms with Crippen LogP contribution in [0.15, 0.2) is 18.2 Å². The smallest absolute Gasteiger partial charge is 0.345 e. The summed E-state index contributed by atoms with van der Waals surface area (Å²) in [5.74, 6) is -0.845. The first-order valence-corrected chi connectivity index (χ1v) is 6.12. The molecule has 4 heteroatoms. The standard InChI is InChI=1S/C11H10O2S2/c1-6-5-9(11(12)13)15-10(6)8-4-3-7(2)14-8/h3-5H,1-2H3,(H,12,13). The molecule has 0 amide bonds. The van der Waals surface area contributed by atoms with E-state index in [1.165, 1.54) is 16.2 Å². The Labute approximate surface area is 95.8 Å². The highest BCUT2D eigenvalue weighted by Crippen LogP contribution is 2.36. The van der Waals surface area contributed by atoms with Gasteiger partial charge in [-0.1, -0.05) is 0 Å². The maximum Gasteiger partial charge on any atom is 0.345 e. The van der Waals surface area contributed by atoms with Crippen LogP contribution in [0.5, 0.6) is 0 Å². The molecule has 0 unspecified atom stereocenters. The maximum atomic E-state index is 10.8. The van der Waals surface area contributed by atoms with Crippen LogP contribution in [0.1, 0.15) is 20.1 Å². The molecule has 0 atom stereocenters. The van der Waals surface area contributed by atoms with Gasteiger partial charge in [-0.05, 0) is 37.6 Å². The van der Waals surface area contributed by atoms with Crippen LogP contribution in [-0.4, -0.2) is 11.1 Å². The number of rotatable bonds is 2. The Balaban J connectivity index is 2.49. The van der Waals surface area contributed by atoms with E-state index in [0.29, 0.717) is 4.88 Å². The van der Waals surface area contributed by atoms with Crippen molar-refractivity contribution in [2.75, 3.05) is 0 Å². The van der Waals surface area contributed by atoms with Gasteiger partial charge in [-0.25, -0.2) is 4.79 Å². The largest absolute Gasteiger partial charge is 0.477 e. The van der Waals surface area contributed by atoms with Crippen LogP contribution >= 0.6 is 22.7 Å². The van der Waals surface area contributed by atoms with Crippen LogP contribution in [0.3, 0.4) is 0 Å². The van der Waals surface area contributed by atoms with Crippen LogP contribution in [0, 0.1) is 13.8 Å². The Bertz CT molecular complexity index is 508. The molecule has 0 radical (unpaired) electrons. The van der Waals surface area contributed by atoms with Crippen molar-refractivity contribution in [2.24, 2.45) is 0 Å². The lowest BCUT2D eigenvalue weighted by molar-refractivity contribution is 0.0702. The zero-order valence-corrected chi connectivity index (χ0v) is 10.0. The van der Waals surface area contributed by atoms with E-state index in [1.54, 1.807) is 17.4 Å². The van der Waals surface area contributed by atoms with E-state index in [2.05, 4.69) is 13.0 Å². The van der Waals surface area contributed by atoms with Crippen LogP contribution in [0.25, 0.3) is 9.75 Å². The van der Waals surface area contributed by atoms with Crippen molar-refractivity contribution in [3.8, 4) is 9.75 Å². The lowest BCUT2D eigenvalue weighted by Gasteiger charge is -1.92. The molecule has 2 nitrogen and oxygen atoms in total. The molecule has 0 aliphatic carbocycles. The van der Waals surface area contributed by atoms with Gasteiger partial charge in [-0.15, -0.1) is 22.7 Å². The fourth-order valence-electron chi connectivity index (χ4n) is 1.39. The van der Waals surface area contributed by atoms with Gasteiger partial charge in [0.05, 0.1) is 0 Å². The van der Waals surface area contributed by atoms with Gasteiger partial charge in [0.15, 0.2) is 0 Å². The second-order valence-corrected chi connectivity index (χ2v) is 5.68. The van der Waals surface area contributed by atoms with Crippen LogP contribution in [-0.2, 0) is 0 Å². The molecule has 15 heavy (non-hydrogen) atoms. The Kier molecular flexibility index (Phi) is 2.63. The average molecular weight is 238 g/mol. The summed E-state index contributed by atoms with van der Waals surface area (Å²) in [7, 11) is 0. The number of aromatic carboxylic acids is 1. The third-order valence-electron chi connectivity index (χ3n) is 2.09. The molecule has 2 aromatic rings. The SMILES string of the molecule is Cc1ccc(-c2sc(C(=O)O)cc2C)s1. The van der Waals surface area contributed by atoms with Gasteiger partial charge >= 0.3 is 5.97 Å². The Morgan fingerprint density at radius 3 is 2.47 bits per heavy atom. The molecule has 2 aromatic heterocycles. The Morgan fingerprint density at radius 1 is 1.27 bits per heavy atom. The van der Waals surface area contributed by atoms with Crippen molar-refractivity contribution >= 4 is 28.6 Å². The minimum Gasteiger partial charge on any atom is -0.477 e. The highest BCUT2D eigenvalue weighted by Gasteiger charge is 2.13. The number of hydrogen-bond acceptors (Lipinski definition) is 3. The molecular formula is C11H10O2S2. The van der Waals surface area contributed by atoms with Crippen molar-refractivity contribution in [3.05, 3.63) is 33.5 Å². The monoisotopic (exact) mass is 238 g/mol. The molecule has 78 valence electrons. The molecule has 0 fully saturated rings. The van der Waals surface area contributed by atoms with Gasteiger partial charge in [-0.3, -0.25) is 0 Å². The second-order valence-electron chi connectivity index (χ2n) is 3.34. The number of hydrogen-bond donors (Lipinski definition) is 1. The van der Waals surface area contributed by atoms with E-state index in [4.69, 9.17) is 5.11 Å². The van der Waals surface area contributed by atoms with E-state index in [9.17, 15) is 4.79 Å². The van der Waals surface area contributed by atoms with Gasteiger partial charge in [0, 0.05) is 14.6 Å². The second kappa shape index (κ2) is 3.79. The molecule has 0 aliphatic rings. The van der Waals surface area contributed by atoms with Gasteiger partial charge in [-0.2, -0.15) is 0 Å². The van der Waals surface area contributed by atoms with Crippen LogP contribution in [0.2, 0.25) is 0 Å². The van der Waals surface area contributed by atoms with Gasteiger partial charge < -0.3 is 5.11 Å². The Hall–Kier alpha value is -1.13. The summed E-state index contributed by atoms with van der Waals surface area (Å²) >= 11 is 3.04. The van der Waals surface area contributed by atoms with Gasteiger partial charge in [0.2, 0.25) is 0 Å². The minimum absolute atomic E-state index is 0.411. The fourth-order valence-corrected chi connectivity index (χ4v) is 3.44. The number of carbonyl (C=O) groups is 1. The summed E-state index contributed by atoms with van der Waals surface area (Å²) in [6.07, 6.45) is 0. The highest BCUT2D eigenvalue weighted by molar-refractivity contribution is 7.23. The summed E-state index contributed by atoms with van der Waals surface area (Å²) in [6.45, 7) is 4.00. The topological polar surface area (TPSA) is 37.3 Å². The van der Waals surface area contributed by atoms with Gasteiger partial charge in [0.1, 0.15) is 4.88 Å². The summed E-state index contributed by atoms with van der Waals surface area (Å²) in [5.41, 5.74) is 1.04.